The van der Waals surface area contributed by atoms with E-state index in [1.54, 1.807) is 12.0 Å². The zero-order chi connectivity index (χ0) is 43.4. The van der Waals surface area contributed by atoms with Crippen LogP contribution in [0.5, 0.6) is 5.75 Å². The van der Waals surface area contributed by atoms with E-state index in [1.165, 1.54) is 28.6 Å². The van der Waals surface area contributed by atoms with Gasteiger partial charge in [-0.1, -0.05) is 44.9 Å². The molecule has 0 saturated heterocycles. The predicted molar refractivity (Wildman–Crippen MR) is 234 cm³/mol. The zero-order valence-electron chi connectivity index (χ0n) is 35.0. The van der Waals surface area contributed by atoms with Gasteiger partial charge >= 0.3 is 0 Å². The Morgan fingerprint density at radius 3 is 2.58 bits per heavy atom. The lowest BCUT2D eigenvalue weighted by molar-refractivity contribution is -0.121. The van der Waals surface area contributed by atoms with Gasteiger partial charge in [-0.25, -0.2) is 9.38 Å². The maximum atomic E-state index is 14.5. The van der Waals surface area contributed by atoms with E-state index >= 15 is 0 Å². The van der Waals surface area contributed by atoms with Crippen LogP contribution >= 0.6 is 34.7 Å². The Balaban J connectivity index is 0.000000206. The Hall–Kier alpha value is -4.82. The van der Waals surface area contributed by atoms with Gasteiger partial charge in [0.1, 0.15) is 23.1 Å². The number of fused-ring (bicyclic) bond motifs is 2. The van der Waals surface area contributed by atoms with Crippen LogP contribution in [0.15, 0.2) is 35.3 Å². The Morgan fingerprint density at radius 1 is 1.20 bits per heavy atom. The Kier molecular flexibility index (Phi) is 17.0. The van der Waals surface area contributed by atoms with Crippen LogP contribution < -0.4 is 30.0 Å². The van der Waals surface area contributed by atoms with Gasteiger partial charge in [-0.2, -0.15) is 19.3 Å². The molecule has 2 aromatic carbocycles. The number of methoxy groups -OCH3 is 1. The molecule has 2 aliphatic heterocycles. The number of alkyl halides is 1. The van der Waals surface area contributed by atoms with Gasteiger partial charge in [0.15, 0.2) is 12.4 Å². The first-order valence-corrected chi connectivity index (χ1v) is 20.9. The third-order valence-corrected chi connectivity index (χ3v) is 10.1. The van der Waals surface area contributed by atoms with E-state index in [0.717, 1.165) is 48.6 Å². The molecular formula is C41H53Cl2FN10O4S. The largest absolute Gasteiger partial charge is 0.481 e. The molecule has 0 bridgehead atoms. The number of benzene rings is 2. The number of carbonyl (C=O) groups excluding carboxylic acids is 2. The maximum absolute atomic E-state index is 14.5. The number of terminal acetylenes is 1. The fourth-order valence-electron chi connectivity index (χ4n) is 6.48. The molecule has 14 nitrogen and oxygen atoms in total. The number of nitrogens with zero attached hydrogens (tertiary/aromatic N) is 8. The second kappa shape index (κ2) is 21.4. The smallest absolute Gasteiger partial charge is 0.265 e. The van der Waals surface area contributed by atoms with Crippen molar-refractivity contribution in [2.75, 3.05) is 59.7 Å². The van der Waals surface area contributed by atoms with Crippen molar-refractivity contribution in [3.05, 3.63) is 63.2 Å². The molecule has 0 fully saturated rings. The van der Waals surface area contributed by atoms with E-state index in [1.807, 2.05) is 51.3 Å². The highest BCUT2D eigenvalue weighted by atomic mass is 35.5. The van der Waals surface area contributed by atoms with Crippen LogP contribution in [-0.2, 0) is 33.7 Å². The van der Waals surface area contributed by atoms with E-state index < -0.39 is 5.82 Å². The quantitative estimate of drug-likeness (QED) is 0.111. The summed E-state index contributed by atoms with van der Waals surface area (Å²) < 4.78 is 31.5. The molecule has 0 saturated carbocycles. The van der Waals surface area contributed by atoms with Crippen molar-refractivity contribution in [1.29, 1.82) is 0 Å². The summed E-state index contributed by atoms with van der Waals surface area (Å²) in [5.74, 6) is 3.80. The molecule has 6 rings (SSSR count). The number of anilines is 4. The number of aromatic nitrogens is 5. The summed E-state index contributed by atoms with van der Waals surface area (Å²) in [4.78, 5) is 44.5. The molecule has 2 aromatic heterocycles. The van der Waals surface area contributed by atoms with E-state index in [-0.39, 0.29) is 59.3 Å². The molecule has 18 heteroatoms. The minimum Gasteiger partial charge on any atom is -0.481 e. The number of amides is 2. The van der Waals surface area contributed by atoms with E-state index in [2.05, 4.69) is 67.7 Å². The fourth-order valence-corrected chi connectivity index (χ4v) is 7.52. The van der Waals surface area contributed by atoms with Gasteiger partial charge in [0.25, 0.3) is 5.91 Å². The van der Waals surface area contributed by atoms with Crippen molar-refractivity contribution in [2.24, 2.45) is 10.4 Å². The van der Waals surface area contributed by atoms with Gasteiger partial charge in [0, 0.05) is 50.3 Å². The molecule has 0 radical (unpaired) electrons. The SMILES string of the molecule is C#CCN1C(=O)COc2cc(F)c(/N=c3\snc4n3CC(C)(C)C4)cc21.CCNc1nc(Cl)nc(NC(C)C)n1.CCc1cccc(C)c1N(C(=O)CCl)C(C)COC. The van der Waals surface area contributed by atoms with Crippen molar-refractivity contribution in [1.82, 2.24) is 23.9 Å². The molecule has 2 N–H and O–H groups in total. The molecule has 0 spiro atoms. The first kappa shape index (κ1) is 46.9. The van der Waals surface area contributed by atoms with Gasteiger partial charge in [-0.15, -0.1) is 18.0 Å². The van der Waals surface area contributed by atoms with E-state index in [4.69, 9.17) is 39.1 Å². The summed E-state index contributed by atoms with van der Waals surface area (Å²) in [7, 11) is 1.64. The summed E-state index contributed by atoms with van der Waals surface area (Å²) in [5.41, 5.74) is 3.89. The Bertz CT molecular complexity index is 2210. The van der Waals surface area contributed by atoms with Crippen LogP contribution in [0.25, 0.3) is 0 Å². The minimum atomic E-state index is -0.515. The molecule has 4 aromatic rings. The van der Waals surface area contributed by atoms with Crippen molar-refractivity contribution in [3.8, 4) is 18.1 Å². The second-order valence-electron chi connectivity index (χ2n) is 14.9. The van der Waals surface area contributed by atoms with E-state index in [0.29, 0.717) is 34.7 Å². The highest BCUT2D eigenvalue weighted by Crippen LogP contribution is 2.37. The summed E-state index contributed by atoms with van der Waals surface area (Å²) in [5, 5.41) is 6.23. The molecule has 2 aliphatic rings. The van der Waals surface area contributed by atoms with Gasteiger partial charge in [0.2, 0.25) is 27.9 Å². The maximum Gasteiger partial charge on any atom is 0.265 e. The molecule has 318 valence electrons. The number of halogens is 3. The Morgan fingerprint density at radius 2 is 1.93 bits per heavy atom. The summed E-state index contributed by atoms with van der Waals surface area (Å²) in [6.45, 7) is 18.3. The average Bonchev–Trinajstić information content (AvgIpc) is 3.68. The molecule has 1 unspecified atom stereocenters. The summed E-state index contributed by atoms with van der Waals surface area (Å²) in [6.07, 6.45) is 7.09. The number of para-hydroxylation sites is 1. The number of rotatable bonds is 12. The summed E-state index contributed by atoms with van der Waals surface area (Å²) >= 11 is 12.7. The fraction of sp³-hybridized carbons (Fsp3) is 0.488. The molecule has 0 aliphatic carbocycles. The first-order valence-electron chi connectivity index (χ1n) is 19.2. The van der Waals surface area contributed by atoms with Crippen molar-refractivity contribution < 1.29 is 23.5 Å². The molecular weight excluding hydrogens is 818 g/mol. The van der Waals surface area contributed by atoms with Crippen LogP contribution in [0, 0.1) is 30.5 Å². The van der Waals surface area contributed by atoms with Crippen LogP contribution in [0.2, 0.25) is 5.28 Å². The first-order chi connectivity index (χ1) is 28.1. The highest BCUT2D eigenvalue weighted by molar-refractivity contribution is 7.02. The molecule has 1 atom stereocenters. The van der Waals surface area contributed by atoms with Crippen LogP contribution in [0.1, 0.15) is 65.4 Å². The predicted octanol–water partition coefficient (Wildman–Crippen LogP) is 7.20. The third kappa shape index (κ3) is 12.4. The van der Waals surface area contributed by atoms with Gasteiger partial charge in [-0.05, 0) is 75.2 Å². The average molecular weight is 872 g/mol. The lowest BCUT2D eigenvalue weighted by Gasteiger charge is -2.31. The monoisotopic (exact) mass is 870 g/mol. The second-order valence-corrected chi connectivity index (χ2v) is 16.2. The van der Waals surface area contributed by atoms with Gasteiger partial charge in [-0.3, -0.25) is 14.5 Å². The zero-order valence-corrected chi connectivity index (χ0v) is 37.4. The van der Waals surface area contributed by atoms with Crippen molar-refractivity contribution in [2.45, 2.75) is 86.9 Å². The summed E-state index contributed by atoms with van der Waals surface area (Å²) in [6, 6.07) is 9.07. The standard InChI is InChI=1S/C18H17FN4O2S.C15H22ClNO2.C8H14ClN5/c1-4-5-22-13-7-12(11(19)6-14(13)25-9-16(22)24)20-17-23-10-18(2,3)8-15(23)21-26-17;1-5-13-8-6-7-11(2)15(13)17(14(18)9-16)12(3)10-19-4;1-4-10-7-12-6(9)13-8(14-7)11-5(2)3/h1,6-7H,5,8-10H2,2-3H3;6-8,12H,5,9-10H2,1-4H3;5H,4H2,1-3H3,(H2,10,11,12,13,14)/b20-17-;;. The number of ether oxygens (including phenoxy) is 2. The topological polar surface area (TPSA) is 152 Å². The molecule has 2 amide bonds. The van der Waals surface area contributed by atoms with Crippen LogP contribution in [0.3, 0.4) is 0 Å². The normalized spacial score (nSPS) is 14.5. The number of carbonyl (C=O) groups is 2. The van der Waals surface area contributed by atoms with Crippen LogP contribution in [-0.4, -0.2) is 87.1 Å². The van der Waals surface area contributed by atoms with Gasteiger partial charge < -0.3 is 29.6 Å². The minimum absolute atomic E-state index is 0.0223. The third-order valence-electron chi connectivity index (χ3n) is 8.97. The number of hydrogen-bond donors (Lipinski definition) is 2. The lowest BCUT2D eigenvalue weighted by atomic mass is 9.92. The van der Waals surface area contributed by atoms with Crippen molar-refractivity contribution >= 4 is 75.5 Å². The Labute approximate surface area is 359 Å². The number of nitrogens with one attached hydrogen (secondary N) is 2. The lowest BCUT2D eigenvalue weighted by Crippen LogP contribution is -2.43. The van der Waals surface area contributed by atoms with Crippen LogP contribution in [0.4, 0.5) is 33.3 Å². The van der Waals surface area contributed by atoms with Gasteiger partial charge in [0.05, 0.1) is 30.6 Å². The highest BCUT2D eigenvalue weighted by Gasteiger charge is 2.31. The van der Waals surface area contributed by atoms with E-state index in [9.17, 15) is 14.0 Å². The van der Waals surface area contributed by atoms with Crippen molar-refractivity contribution in [3.63, 3.8) is 0 Å². The number of hydrogen-bond acceptors (Lipinski definition) is 12. The number of aryl methyl sites for hydroxylation is 2. The molecule has 4 heterocycles. The molecule has 59 heavy (non-hydrogen) atoms.